The summed E-state index contributed by atoms with van der Waals surface area (Å²) in [5.41, 5.74) is 0.00614. The smallest absolute Gasteiger partial charge is 0.408 e. The molecule has 0 aromatic carbocycles. The van der Waals surface area contributed by atoms with Gasteiger partial charge in [0.05, 0.1) is 0 Å². The van der Waals surface area contributed by atoms with Crippen molar-refractivity contribution in [2.45, 2.75) is 63.5 Å². The highest BCUT2D eigenvalue weighted by atomic mass is 16.5. The Kier molecular flexibility index (Phi) is 5.87. The monoisotopic (exact) mass is 376 g/mol. The number of carbonyl (C=O) groups is 3. The maximum Gasteiger partial charge on any atom is 0.408 e. The van der Waals surface area contributed by atoms with E-state index in [9.17, 15) is 19.5 Å². The van der Waals surface area contributed by atoms with E-state index in [1.807, 2.05) is 12.2 Å². The van der Waals surface area contributed by atoms with Crippen LogP contribution in [0.4, 0.5) is 4.79 Å². The Balaban J connectivity index is 1.65. The molecule has 148 valence electrons. The van der Waals surface area contributed by atoms with Gasteiger partial charge in [-0.25, -0.2) is 9.59 Å². The lowest BCUT2D eigenvalue weighted by Crippen LogP contribution is -2.60. The SMILES string of the molecule is CC1CC=CC=C1COC(=O)NC1(C(=O)N2CCC[C@H]2C(=O)O)CCCC1. The third kappa shape index (κ3) is 4.17. The van der Waals surface area contributed by atoms with E-state index in [0.717, 1.165) is 24.8 Å². The minimum absolute atomic E-state index is 0.197. The maximum absolute atomic E-state index is 13.1. The standard InChI is InChI=1S/C20H28N2O5/c1-14-7-2-3-8-15(14)13-27-19(26)21-20(10-4-5-11-20)18(25)22-12-6-9-16(22)17(23)24/h2-3,8,14,16H,4-7,9-13H2,1H3,(H,21,26)(H,23,24)/t14?,16-/m0/s1. The fourth-order valence-corrected chi connectivity index (χ4v) is 4.27. The quantitative estimate of drug-likeness (QED) is 0.769. The van der Waals surface area contributed by atoms with E-state index < -0.39 is 23.6 Å². The third-order valence-corrected chi connectivity index (χ3v) is 5.95. The number of carboxylic acids is 1. The Morgan fingerprint density at radius 1 is 1.30 bits per heavy atom. The van der Waals surface area contributed by atoms with Gasteiger partial charge in [-0.2, -0.15) is 0 Å². The zero-order valence-electron chi connectivity index (χ0n) is 15.8. The molecule has 27 heavy (non-hydrogen) atoms. The summed E-state index contributed by atoms with van der Waals surface area (Å²) in [6, 6.07) is -0.798. The van der Waals surface area contributed by atoms with Crippen molar-refractivity contribution in [3.63, 3.8) is 0 Å². The van der Waals surface area contributed by atoms with E-state index in [0.29, 0.717) is 38.1 Å². The number of rotatable bonds is 5. The molecule has 2 atom stereocenters. The van der Waals surface area contributed by atoms with Crippen LogP contribution in [0.25, 0.3) is 0 Å². The van der Waals surface area contributed by atoms with Crippen LogP contribution >= 0.6 is 0 Å². The molecule has 1 heterocycles. The maximum atomic E-state index is 13.1. The molecular weight excluding hydrogens is 348 g/mol. The minimum Gasteiger partial charge on any atom is -0.480 e. The van der Waals surface area contributed by atoms with Crippen LogP contribution in [-0.2, 0) is 14.3 Å². The molecule has 7 nitrogen and oxygen atoms in total. The van der Waals surface area contributed by atoms with Crippen LogP contribution in [0.15, 0.2) is 23.8 Å². The van der Waals surface area contributed by atoms with Gasteiger partial charge in [0.15, 0.2) is 0 Å². The van der Waals surface area contributed by atoms with Gasteiger partial charge in [0, 0.05) is 6.54 Å². The van der Waals surface area contributed by atoms with Gasteiger partial charge in [0.1, 0.15) is 18.2 Å². The largest absolute Gasteiger partial charge is 0.480 e. The van der Waals surface area contributed by atoms with E-state index in [-0.39, 0.29) is 12.5 Å². The number of allylic oxidation sites excluding steroid dienone is 3. The molecule has 2 N–H and O–H groups in total. The molecule has 0 aromatic heterocycles. The molecule has 1 unspecified atom stereocenters. The number of nitrogens with zero attached hydrogens (tertiary/aromatic N) is 1. The Morgan fingerprint density at radius 3 is 2.70 bits per heavy atom. The molecule has 1 aliphatic heterocycles. The van der Waals surface area contributed by atoms with E-state index in [1.54, 1.807) is 0 Å². The van der Waals surface area contributed by atoms with E-state index >= 15 is 0 Å². The van der Waals surface area contributed by atoms with Crippen molar-refractivity contribution >= 4 is 18.0 Å². The molecule has 2 fully saturated rings. The van der Waals surface area contributed by atoms with Gasteiger partial charge in [-0.1, -0.05) is 38.0 Å². The number of carbonyl (C=O) groups excluding carboxylic acids is 2. The van der Waals surface area contributed by atoms with Crippen LogP contribution < -0.4 is 5.32 Å². The Bertz CT molecular complexity index is 663. The number of aliphatic carboxylic acids is 1. The summed E-state index contributed by atoms with van der Waals surface area (Å²) in [4.78, 5) is 38.4. The first-order chi connectivity index (χ1) is 12.9. The molecule has 1 saturated heterocycles. The van der Waals surface area contributed by atoms with E-state index in [4.69, 9.17) is 4.74 Å². The Labute approximate surface area is 159 Å². The third-order valence-electron chi connectivity index (χ3n) is 5.95. The fourth-order valence-electron chi connectivity index (χ4n) is 4.27. The van der Waals surface area contributed by atoms with E-state index in [2.05, 4.69) is 18.3 Å². The van der Waals surface area contributed by atoms with Crippen molar-refractivity contribution in [3.8, 4) is 0 Å². The summed E-state index contributed by atoms with van der Waals surface area (Å²) < 4.78 is 5.39. The van der Waals surface area contributed by atoms with Gasteiger partial charge >= 0.3 is 12.1 Å². The summed E-state index contributed by atoms with van der Waals surface area (Å²) in [5.74, 6) is -0.941. The second-order valence-electron chi connectivity index (χ2n) is 7.79. The average molecular weight is 376 g/mol. The molecule has 0 aromatic rings. The molecule has 2 aliphatic carbocycles. The average Bonchev–Trinajstić information content (AvgIpc) is 3.30. The number of alkyl carbamates (subject to hydrolysis) is 1. The molecule has 3 rings (SSSR count). The first-order valence-corrected chi connectivity index (χ1v) is 9.77. The number of amides is 2. The van der Waals surface area contributed by atoms with Crippen molar-refractivity contribution in [2.75, 3.05) is 13.2 Å². The summed E-state index contributed by atoms with van der Waals surface area (Å²) >= 11 is 0. The molecule has 3 aliphatic rings. The van der Waals surface area contributed by atoms with Crippen LogP contribution in [0.1, 0.15) is 51.9 Å². The van der Waals surface area contributed by atoms with Crippen LogP contribution in [0.2, 0.25) is 0 Å². The van der Waals surface area contributed by atoms with Gasteiger partial charge < -0.3 is 20.1 Å². The number of hydrogen-bond acceptors (Lipinski definition) is 4. The van der Waals surface area contributed by atoms with Gasteiger partial charge in [-0.15, -0.1) is 0 Å². The first-order valence-electron chi connectivity index (χ1n) is 9.77. The Morgan fingerprint density at radius 2 is 2.04 bits per heavy atom. The lowest BCUT2D eigenvalue weighted by molar-refractivity contribution is -0.151. The summed E-state index contributed by atoms with van der Waals surface area (Å²) in [7, 11) is 0. The number of ether oxygens (including phenoxy) is 1. The highest BCUT2D eigenvalue weighted by Crippen LogP contribution is 2.34. The second kappa shape index (κ2) is 8.15. The fraction of sp³-hybridized carbons (Fsp3) is 0.650. The van der Waals surface area contributed by atoms with Crippen molar-refractivity contribution < 1.29 is 24.2 Å². The number of hydrogen-bond donors (Lipinski definition) is 2. The van der Waals surface area contributed by atoms with Crippen molar-refractivity contribution in [3.05, 3.63) is 23.8 Å². The van der Waals surface area contributed by atoms with Crippen molar-refractivity contribution in [2.24, 2.45) is 5.92 Å². The first kappa shape index (κ1) is 19.5. The molecule has 0 radical (unpaired) electrons. The van der Waals surface area contributed by atoms with Crippen molar-refractivity contribution in [1.82, 2.24) is 10.2 Å². The lowest BCUT2D eigenvalue weighted by atomic mass is 9.94. The van der Waals surface area contributed by atoms with Crippen LogP contribution in [0, 0.1) is 5.92 Å². The highest BCUT2D eigenvalue weighted by molar-refractivity contribution is 5.93. The molecule has 2 amide bonds. The van der Waals surface area contributed by atoms with Gasteiger partial charge in [-0.3, -0.25) is 4.79 Å². The molecule has 0 spiro atoms. The predicted molar refractivity (Wildman–Crippen MR) is 99.1 cm³/mol. The predicted octanol–water partition coefficient (Wildman–Crippen LogP) is 2.62. The number of likely N-dealkylation sites (tertiary alicyclic amines) is 1. The van der Waals surface area contributed by atoms with Gasteiger partial charge in [0.2, 0.25) is 5.91 Å². The van der Waals surface area contributed by atoms with Crippen LogP contribution in [0.5, 0.6) is 0 Å². The summed E-state index contributed by atoms with van der Waals surface area (Å²) in [6.45, 7) is 2.70. The minimum atomic E-state index is -1.04. The van der Waals surface area contributed by atoms with Crippen molar-refractivity contribution in [1.29, 1.82) is 0 Å². The summed E-state index contributed by atoms with van der Waals surface area (Å²) in [6.07, 6.45) is 10.1. The molecule has 1 saturated carbocycles. The number of nitrogens with one attached hydrogen (secondary N) is 1. The normalized spacial score (nSPS) is 26.6. The van der Waals surface area contributed by atoms with Gasteiger partial charge in [0.25, 0.3) is 0 Å². The topological polar surface area (TPSA) is 95.9 Å². The highest BCUT2D eigenvalue weighted by Gasteiger charge is 2.48. The van der Waals surface area contributed by atoms with Crippen LogP contribution in [-0.4, -0.2) is 52.7 Å². The Hall–Kier alpha value is -2.31. The van der Waals surface area contributed by atoms with Gasteiger partial charge in [-0.05, 0) is 43.6 Å². The molecular formula is C20H28N2O5. The van der Waals surface area contributed by atoms with E-state index in [1.165, 1.54) is 4.90 Å². The lowest BCUT2D eigenvalue weighted by Gasteiger charge is -2.34. The zero-order valence-corrected chi connectivity index (χ0v) is 15.8. The molecule has 7 heteroatoms. The summed E-state index contributed by atoms with van der Waals surface area (Å²) in [5, 5.41) is 12.2. The zero-order chi connectivity index (χ0) is 19.4. The van der Waals surface area contributed by atoms with Crippen LogP contribution in [0.3, 0.4) is 0 Å². The molecule has 0 bridgehead atoms. The number of carboxylic acid groups (broad SMARTS) is 1. The second-order valence-corrected chi connectivity index (χ2v) is 7.79.